The summed E-state index contributed by atoms with van der Waals surface area (Å²) in [5.41, 5.74) is 6.35. The van der Waals surface area contributed by atoms with Crippen LogP contribution >= 0.6 is 0 Å². The predicted molar refractivity (Wildman–Crippen MR) is 90.8 cm³/mol. The zero-order valence-electron chi connectivity index (χ0n) is 14.3. The maximum atomic E-state index is 2.79. The van der Waals surface area contributed by atoms with Crippen molar-refractivity contribution in [3.8, 4) is 0 Å². The Labute approximate surface area is 130 Å². The molecule has 21 heavy (non-hydrogen) atoms. The van der Waals surface area contributed by atoms with Gasteiger partial charge in [-0.05, 0) is 73.1 Å². The summed E-state index contributed by atoms with van der Waals surface area (Å²) in [5, 5.41) is 0. The van der Waals surface area contributed by atoms with Crippen LogP contribution in [-0.2, 0) is 12.8 Å². The molecule has 3 rings (SSSR count). The van der Waals surface area contributed by atoms with Crippen molar-refractivity contribution in [1.82, 2.24) is 4.90 Å². The molecule has 0 amide bonds. The summed E-state index contributed by atoms with van der Waals surface area (Å²) in [6.07, 6.45) is 6.63. The molecular formula is C20H31N. The van der Waals surface area contributed by atoms with Crippen LogP contribution in [-0.4, -0.2) is 18.0 Å². The molecule has 2 atom stereocenters. The molecule has 0 bridgehead atoms. The van der Waals surface area contributed by atoms with Crippen LogP contribution in [0.4, 0.5) is 0 Å². The molecule has 2 unspecified atom stereocenters. The Hall–Kier alpha value is -0.820. The zero-order chi connectivity index (χ0) is 15.0. The Balaban J connectivity index is 1.81. The topological polar surface area (TPSA) is 3.24 Å². The molecule has 1 aromatic carbocycles. The number of hydrogen-bond donors (Lipinski definition) is 0. The Kier molecular flexibility index (Phi) is 4.40. The van der Waals surface area contributed by atoms with Crippen molar-refractivity contribution in [3.05, 3.63) is 34.4 Å². The lowest BCUT2D eigenvalue weighted by molar-refractivity contribution is 0.0896. The number of aryl methyl sites for hydroxylation is 2. The summed E-state index contributed by atoms with van der Waals surface area (Å²) in [5.74, 6) is 1.77. The second kappa shape index (κ2) is 6.12. The fourth-order valence-corrected chi connectivity index (χ4v) is 4.59. The highest BCUT2D eigenvalue weighted by atomic mass is 15.2. The summed E-state index contributed by atoms with van der Waals surface area (Å²) >= 11 is 0. The number of piperidine rings is 1. The first kappa shape index (κ1) is 15.1. The first-order valence-corrected chi connectivity index (χ1v) is 8.94. The van der Waals surface area contributed by atoms with E-state index in [4.69, 9.17) is 0 Å². The second-order valence-corrected chi connectivity index (χ2v) is 7.66. The molecule has 1 saturated heterocycles. The van der Waals surface area contributed by atoms with Gasteiger partial charge in [0.2, 0.25) is 0 Å². The van der Waals surface area contributed by atoms with Gasteiger partial charge in [-0.3, -0.25) is 4.90 Å². The Bertz CT molecular complexity index is 503. The number of benzene rings is 1. The number of fused-ring (bicyclic) bond motifs is 3. The highest BCUT2D eigenvalue weighted by Gasteiger charge is 2.33. The van der Waals surface area contributed by atoms with E-state index in [0.717, 1.165) is 11.8 Å². The monoisotopic (exact) mass is 285 g/mol. The van der Waals surface area contributed by atoms with Crippen LogP contribution in [0.25, 0.3) is 0 Å². The van der Waals surface area contributed by atoms with Crippen LogP contribution < -0.4 is 0 Å². The maximum absolute atomic E-state index is 2.79. The van der Waals surface area contributed by atoms with Crippen LogP contribution in [0.15, 0.2) is 12.1 Å². The molecule has 1 nitrogen and oxygen atoms in total. The van der Waals surface area contributed by atoms with Crippen molar-refractivity contribution in [1.29, 1.82) is 0 Å². The molecule has 0 spiro atoms. The molecule has 1 heteroatoms. The number of rotatable bonds is 3. The third kappa shape index (κ3) is 3.04. The van der Waals surface area contributed by atoms with Crippen LogP contribution in [0, 0.1) is 18.8 Å². The Morgan fingerprint density at radius 1 is 1.24 bits per heavy atom. The minimum Gasteiger partial charge on any atom is -0.296 e. The molecule has 0 N–H and O–H groups in total. The van der Waals surface area contributed by atoms with Gasteiger partial charge in [0, 0.05) is 19.1 Å². The Morgan fingerprint density at radius 3 is 2.76 bits per heavy atom. The second-order valence-electron chi connectivity index (χ2n) is 7.66. The van der Waals surface area contributed by atoms with E-state index in [9.17, 15) is 0 Å². The summed E-state index contributed by atoms with van der Waals surface area (Å²) < 4.78 is 0. The van der Waals surface area contributed by atoms with Crippen LogP contribution in [0.5, 0.6) is 0 Å². The SMILES string of the molecule is CCc1cc2c(cc1C)CCN1CC(CC(C)C)CCC21. The lowest BCUT2D eigenvalue weighted by Crippen LogP contribution is -2.42. The lowest BCUT2D eigenvalue weighted by atomic mass is 9.80. The van der Waals surface area contributed by atoms with E-state index >= 15 is 0 Å². The average molecular weight is 285 g/mol. The van der Waals surface area contributed by atoms with Gasteiger partial charge >= 0.3 is 0 Å². The summed E-state index contributed by atoms with van der Waals surface area (Å²) in [7, 11) is 0. The minimum absolute atomic E-state index is 0.711. The molecule has 0 aromatic heterocycles. The van der Waals surface area contributed by atoms with E-state index in [1.165, 1.54) is 50.8 Å². The normalized spacial score (nSPS) is 25.8. The molecule has 116 valence electrons. The van der Waals surface area contributed by atoms with Gasteiger partial charge in [0.1, 0.15) is 0 Å². The van der Waals surface area contributed by atoms with Crippen molar-refractivity contribution < 1.29 is 0 Å². The fraction of sp³-hybridized carbons (Fsp3) is 0.700. The first-order chi connectivity index (χ1) is 10.1. The molecular weight excluding hydrogens is 254 g/mol. The smallest absolute Gasteiger partial charge is 0.0351 e. The van der Waals surface area contributed by atoms with Gasteiger partial charge in [0.15, 0.2) is 0 Å². The molecule has 2 aliphatic heterocycles. The van der Waals surface area contributed by atoms with E-state index in [1.54, 1.807) is 16.7 Å². The summed E-state index contributed by atoms with van der Waals surface area (Å²) in [6.45, 7) is 11.9. The molecule has 1 fully saturated rings. The van der Waals surface area contributed by atoms with E-state index in [0.29, 0.717) is 6.04 Å². The van der Waals surface area contributed by atoms with Crippen molar-refractivity contribution in [2.45, 2.75) is 65.8 Å². The highest BCUT2D eigenvalue weighted by molar-refractivity contribution is 5.41. The quantitative estimate of drug-likeness (QED) is 0.762. The Morgan fingerprint density at radius 2 is 2.05 bits per heavy atom. The predicted octanol–water partition coefficient (Wildman–Crippen LogP) is 4.91. The van der Waals surface area contributed by atoms with Gasteiger partial charge in [-0.2, -0.15) is 0 Å². The van der Waals surface area contributed by atoms with Gasteiger partial charge in [0.05, 0.1) is 0 Å². The zero-order valence-corrected chi connectivity index (χ0v) is 14.3. The van der Waals surface area contributed by atoms with E-state index in [2.05, 4.69) is 44.7 Å². The third-order valence-corrected chi connectivity index (χ3v) is 5.59. The van der Waals surface area contributed by atoms with Crippen molar-refractivity contribution in [2.75, 3.05) is 13.1 Å². The van der Waals surface area contributed by atoms with Gasteiger partial charge in [0.25, 0.3) is 0 Å². The van der Waals surface area contributed by atoms with Crippen LogP contribution in [0.3, 0.4) is 0 Å². The third-order valence-electron chi connectivity index (χ3n) is 5.59. The molecule has 2 aliphatic rings. The number of nitrogens with zero attached hydrogens (tertiary/aromatic N) is 1. The van der Waals surface area contributed by atoms with Crippen molar-refractivity contribution in [2.24, 2.45) is 11.8 Å². The average Bonchev–Trinajstić information content (AvgIpc) is 2.45. The standard InChI is InChI=1S/C20H31N/c1-5-17-12-19-18(11-15(17)4)8-9-21-13-16(10-14(2)3)6-7-20(19)21/h11-12,14,16,20H,5-10,13H2,1-4H3. The van der Waals surface area contributed by atoms with Gasteiger partial charge in [-0.1, -0.05) is 32.9 Å². The van der Waals surface area contributed by atoms with Crippen LogP contribution in [0.2, 0.25) is 0 Å². The van der Waals surface area contributed by atoms with Gasteiger partial charge in [-0.25, -0.2) is 0 Å². The largest absolute Gasteiger partial charge is 0.296 e. The maximum Gasteiger partial charge on any atom is 0.0351 e. The van der Waals surface area contributed by atoms with Crippen molar-refractivity contribution in [3.63, 3.8) is 0 Å². The van der Waals surface area contributed by atoms with Gasteiger partial charge in [-0.15, -0.1) is 0 Å². The van der Waals surface area contributed by atoms with Crippen molar-refractivity contribution >= 4 is 0 Å². The summed E-state index contributed by atoms with van der Waals surface area (Å²) in [6, 6.07) is 5.72. The van der Waals surface area contributed by atoms with E-state index < -0.39 is 0 Å². The van der Waals surface area contributed by atoms with E-state index in [1.807, 2.05) is 0 Å². The fourth-order valence-electron chi connectivity index (χ4n) is 4.59. The highest BCUT2D eigenvalue weighted by Crippen LogP contribution is 2.40. The molecule has 0 aliphatic carbocycles. The molecule has 0 saturated carbocycles. The lowest BCUT2D eigenvalue weighted by Gasteiger charge is -2.44. The summed E-state index contributed by atoms with van der Waals surface area (Å²) in [4.78, 5) is 2.79. The van der Waals surface area contributed by atoms with Gasteiger partial charge < -0.3 is 0 Å². The van der Waals surface area contributed by atoms with E-state index in [-0.39, 0.29) is 0 Å². The first-order valence-electron chi connectivity index (χ1n) is 8.94. The van der Waals surface area contributed by atoms with Crippen LogP contribution in [0.1, 0.15) is 68.3 Å². The minimum atomic E-state index is 0.711. The molecule has 1 aromatic rings. The molecule has 2 heterocycles. The molecule has 0 radical (unpaired) electrons. The number of hydrogen-bond acceptors (Lipinski definition) is 1.